The van der Waals surface area contributed by atoms with Crippen LogP contribution in [0, 0.1) is 12.7 Å². The van der Waals surface area contributed by atoms with Gasteiger partial charge in [-0.1, -0.05) is 0 Å². The summed E-state index contributed by atoms with van der Waals surface area (Å²) in [6.45, 7) is 1.55. The fraction of sp³-hybridized carbons (Fsp3) is 0.333. The number of esters is 1. The van der Waals surface area contributed by atoms with Crippen molar-refractivity contribution in [3.8, 4) is 5.75 Å². The van der Waals surface area contributed by atoms with E-state index in [4.69, 9.17) is 4.74 Å². The molecule has 0 bridgehead atoms. The number of halogens is 4. The number of nitrogens with zero attached hydrogens (tertiary/aromatic N) is 1. The van der Waals surface area contributed by atoms with E-state index in [0.29, 0.717) is 11.3 Å². The largest absolute Gasteiger partial charge is 0.505 e. The van der Waals surface area contributed by atoms with Crippen molar-refractivity contribution in [2.24, 2.45) is 0 Å². The summed E-state index contributed by atoms with van der Waals surface area (Å²) in [6, 6.07) is 5.77. The van der Waals surface area contributed by atoms with Crippen molar-refractivity contribution < 1.29 is 37.0 Å². The molecular formula is C24H21F4NO4. The molecule has 174 valence electrons. The third-order valence-corrected chi connectivity index (χ3v) is 5.99. The van der Waals surface area contributed by atoms with E-state index < -0.39 is 35.2 Å². The van der Waals surface area contributed by atoms with Crippen LogP contribution < -0.4 is 0 Å². The molecule has 1 saturated carbocycles. The highest BCUT2D eigenvalue weighted by Crippen LogP contribution is 2.33. The zero-order valence-corrected chi connectivity index (χ0v) is 17.7. The number of ether oxygens (including phenoxy) is 1. The van der Waals surface area contributed by atoms with Crippen LogP contribution >= 0.6 is 0 Å². The summed E-state index contributed by atoms with van der Waals surface area (Å²) < 4.78 is 59.4. The number of carbonyl (C=O) groups is 2. The smallest absolute Gasteiger partial charge is 0.416 e. The van der Waals surface area contributed by atoms with Gasteiger partial charge in [-0.15, -0.1) is 0 Å². The zero-order valence-electron chi connectivity index (χ0n) is 17.7. The molecule has 9 heteroatoms. The second-order valence-corrected chi connectivity index (χ2v) is 8.17. The summed E-state index contributed by atoms with van der Waals surface area (Å²) in [5.74, 6) is -2.81. The van der Waals surface area contributed by atoms with Crippen molar-refractivity contribution in [2.75, 3.05) is 0 Å². The van der Waals surface area contributed by atoms with Crippen LogP contribution in [0.5, 0.6) is 5.75 Å². The van der Waals surface area contributed by atoms with E-state index in [1.165, 1.54) is 0 Å². The first-order chi connectivity index (χ1) is 15.6. The predicted octanol–water partition coefficient (Wildman–Crippen LogP) is 5.53. The van der Waals surface area contributed by atoms with Crippen molar-refractivity contribution in [3.63, 3.8) is 0 Å². The zero-order chi connectivity index (χ0) is 23.9. The van der Waals surface area contributed by atoms with Gasteiger partial charge in [0, 0.05) is 22.7 Å². The molecule has 0 amide bonds. The number of rotatable bonds is 4. The van der Waals surface area contributed by atoms with Crippen LogP contribution in [0.2, 0.25) is 0 Å². The summed E-state index contributed by atoms with van der Waals surface area (Å²) >= 11 is 0. The van der Waals surface area contributed by atoms with Crippen LogP contribution in [0.4, 0.5) is 17.6 Å². The van der Waals surface area contributed by atoms with E-state index in [1.807, 2.05) is 0 Å². The number of aromatic hydroxyl groups is 1. The lowest BCUT2D eigenvalue weighted by Crippen LogP contribution is -2.18. The molecule has 4 rings (SSSR count). The van der Waals surface area contributed by atoms with E-state index in [-0.39, 0.29) is 29.0 Å². The molecule has 1 aliphatic rings. The molecule has 1 N–H and O–H groups in total. The molecule has 0 saturated heterocycles. The molecule has 1 heterocycles. The highest BCUT2D eigenvalue weighted by Gasteiger charge is 2.31. The number of benzene rings is 2. The molecule has 0 atom stereocenters. The summed E-state index contributed by atoms with van der Waals surface area (Å²) in [7, 11) is 0. The van der Waals surface area contributed by atoms with Crippen LogP contribution in [0.3, 0.4) is 0 Å². The van der Waals surface area contributed by atoms with Gasteiger partial charge in [-0.05, 0) is 68.5 Å². The second kappa shape index (κ2) is 8.53. The maximum absolute atomic E-state index is 14.2. The molecule has 0 aliphatic heterocycles. The number of hydrogen-bond donors (Lipinski definition) is 1. The van der Waals surface area contributed by atoms with Crippen LogP contribution in [0.25, 0.3) is 10.9 Å². The second-order valence-electron chi connectivity index (χ2n) is 8.17. The normalized spacial score (nSPS) is 14.7. The maximum Gasteiger partial charge on any atom is 0.416 e. The van der Waals surface area contributed by atoms with Gasteiger partial charge in [0.1, 0.15) is 6.10 Å². The van der Waals surface area contributed by atoms with Crippen LogP contribution in [-0.2, 0) is 22.1 Å². The standard InChI is InChI=1S/C24H21F4NO4/c1-13-17(11-22(31)33-16-4-2-3-5-16)18-10-21(30)19(25)12-20(18)29(13)23(32)14-6-8-15(9-7-14)24(26,27)28/h6-10,12,16,30H,2-5,11H2,1H3. The quantitative estimate of drug-likeness (QED) is 0.408. The minimum atomic E-state index is -4.55. The Bertz CT molecular complexity index is 1220. The molecule has 1 aromatic heterocycles. The minimum Gasteiger partial charge on any atom is -0.505 e. The lowest BCUT2D eigenvalue weighted by Gasteiger charge is -2.12. The number of aromatic nitrogens is 1. The Morgan fingerprint density at radius 1 is 1.12 bits per heavy atom. The van der Waals surface area contributed by atoms with Gasteiger partial charge in [0.15, 0.2) is 11.6 Å². The van der Waals surface area contributed by atoms with Crippen LogP contribution in [0.15, 0.2) is 36.4 Å². The molecule has 1 aliphatic carbocycles. The van der Waals surface area contributed by atoms with Crippen LogP contribution in [-0.4, -0.2) is 27.7 Å². The van der Waals surface area contributed by atoms with Gasteiger partial charge in [-0.2, -0.15) is 13.2 Å². The average molecular weight is 463 g/mol. The number of phenols is 1. The molecule has 0 radical (unpaired) electrons. The van der Waals surface area contributed by atoms with Crippen molar-refractivity contribution >= 4 is 22.8 Å². The van der Waals surface area contributed by atoms with Gasteiger partial charge in [0.2, 0.25) is 0 Å². The Hall–Kier alpha value is -3.36. The summed E-state index contributed by atoms with van der Waals surface area (Å²) in [5.41, 5.74) is -0.167. The molecular weight excluding hydrogens is 442 g/mol. The van der Waals surface area contributed by atoms with E-state index >= 15 is 0 Å². The minimum absolute atomic E-state index is 0.0448. The SMILES string of the molecule is Cc1c(CC(=O)OC2CCCC2)c2cc(O)c(F)cc2n1C(=O)c1ccc(C(F)(F)F)cc1. The molecule has 1 fully saturated rings. The third-order valence-electron chi connectivity index (χ3n) is 5.99. The van der Waals surface area contributed by atoms with E-state index in [9.17, 15) is 32.3 Å². The Labute approximate surface area is 186 Å². The van der Waals surface area contributed by atoms with Gasteiger partial charge in [0.25, 0.3) is 5.91 Å². The lowest BCUT2D eigenvalue weighted by molar-refractivity contribution is -0.147. The Balaban J connectivity index is 1.74. The predicted molar refractivity (Wildman–Crippen MR) is 112 cm³/mol. The summed E-state index contributed by atoms with van der Waals surface area (Å²) in [4.78, 5) is 25.7. The fourth-order valence-electron chi connectivity index (χ4n) is 4.28. The number of phenolic OH excluding ortho intramolecular Hbond substituents is 1. The third kappa shape index (κ3) is 4.44. The maximum atomic E-state index is 14.2. The molecule has 3 aromatic rings. The number of carbonyl (C=O) groups excluding carboxylic acids is 2. The van der Waals surface area contributed by atoms with Crippen molar-refractivity contribution in [1.29, 1.82) is 0 Å². The van der Waals surface area contributed by atoms with Crippen LogP contribution in [0.1, 0.15) is 52.9 Å². The topological polar surface area (TPSA) is 68.5 Å². The van der Waals surface area contributed by atoms with Gasteiger partial charge < -0.3 is 9.84 Å². The highest BCUT2D eigenvalue weighted by molar-refractivity contribution is 6.05. The highest BCUT2D eigenvalue weighted by atomic mass is 19.4. The first-order valence-electron chi connectivity index (χ1n) is 10.5. The molecule has 33 heavy (non-hydrogen) atoms. The molecule has 0 unspecified atom stereocenters. The number of fused-ring (bicyclic) bond motifs is 1. The Morgan fingerprint density at radius 2 is 1.76 bits per heavy atom. The molecule has 0 spiro atoms. The van der Waals surface area contributed by atoms with E-state index in [2.05, 4.69) is 0 Å². The van der Waals surface area contributed by atoms with Gasteiger partial charge in [-0.25, -0.2) is 4.39 Å². The fourth-order valence-corrected chi connectivity index (χ4v) is 4.28. The first-order valence-corrected chi connectivity index (χ1v) is 10.5. The van der Waals surface area contributed by atoms with Gasteiger partial charge in [0.05, 0.1) is 17.5 Å². The van der Waals surface area contributed by atoms with E-state index in [1.54, 1.807) is 6.92 Å². The van der Waals surface area contributed by atoms with Gasteiger partial charge >= 0.3 is 12.1 Å². The van der Waals surface area contributed by atoms with Gasteiger partial charge in [-0.3, -0.25) is 14.2 Å². The van der Waals surface area contributed by atoms with E-state index in [0.717, 1.165) is 66.6 Å². The monoisotopic (exact) mass is 463 g/mol. The van der Waals surface area contributed by atoms with Crippen molar-refractivity contribution in [1.82, 2.24) is 4.57 Å². The molecule has 2 aromatic carbocycles. The van der Waals surface area contributed by atoms with Crippen molar-refractivity contribution in [2.45, 2.75) is 51.3 Å². The summed E-state index contributed by atoms with van der Waals surface area (Å²) in [6.07, 6.45) is -1.39. The number of hydrogen-bond acceptors (Lipinski definition) is 4. The van der Waals surface area contributed by atoms with Crippen molar-refractivity contribution in [3.05, 3.63) is 64.6 Å². The summed E-state index contributed by atoms with van der Waals surface area (Å²) in [5, 5.41) is 10.2. The number of alkyl halides is 3. The Morgan fingerprint density at radius 3 is 2.36 bits per heavy atom. The first kappa shape index (κ1) is 22.8. The lowest BCUT2D eigenvalue weighted by atomic mass is 10.1. The molecule has 5 nitrogen and oxygen atoms in total. The Kier molecular flexibility index (Phi) is 5.90. The average Bonchev–Trinajstić information content (AvgIpc) is 3.34.